The lowest BCUT2D eigenvalue weighted by Gasteiger charge is -2.44. The lowest BCUT2D eigenvalue weighted by Crippen LogP contribution is -2.50. The third-order valence-electron chi connectivity index (χ3n) is 6.38. The highest BCUT2D eigenvalue weighted by Crippen LogP contribution is 2.35. The zero-order chi connectivity index (χ0) is 17.5. The predicted octanol–water partition coefficient (Wildman–Crippen LogP) is 3.58. The molecule has 1 saturated heterocycles. The van der Waals surface area contributed by atoms with E-state index < -0.39 is 0 Å². The zero-order valence-corrected chi connectivity index (χ0v) is 15.6. The number of hydrogen-bond acceptors (Lipinski definition) is 2. The van der Waals surface area contributed by atoms with Crippen LogP contribution in [0.15, 0.2) is 0 Å². The van der Waals surface area contributed by atoms with E-state index in [-0.39, 0.29) is 11.9 Å². The Morgan fingerprint density at radius 1 is 0.840 bits per heavy atom. The summed E-state index contributed by atoms with van der Waals surface area (Å²) >= 11 is 0. The summed E-state index contributed by atoms with van der Waals surface area (Å²) in [7, 11) is 0. The number of rotatable bonds is 4. The Kier molecular flexibility index (Phi) is 7.00. The van der Waals surface area contributed by atoms with Crippen LogP contribution >= 0.6 is 0 Å². The molecule has 2 N–H and O–H groups in total. The van der Waals surface area contributed by atoms with Gasteiger partial charge in [-0.05, 0) is 44.4 Å². The molecule has 3 aliphatic rings. The molecule has 0 bridgehead atoms. The first-order valence-corrected chi connectivity index (χ1v) is 10.6. The highest BCUT2D eigenvalue weighted by atomic mass is 16.2. The Labute approximate surface area is 152 Å². The fraction of sp³-hybridized carbons (Fsp3) is 0.900. The molecule has 0 radical (unpaired) electrons. The van der Waals surface area contributed by atoms with Crippen molar-refractivity contribution >= 4 is 11.9 Å². The maximum Gasteiger partial charge on any atom is 0.315 e. The summed E-state index contributed by atoms with van der Waals surface area (Å²) in [5.41, 5.74) is 0. The molecule has 2 atom stereocenters. The van der Waals surface area contributed by atoms with Gasteiger partial charge in [0.15, 0.2) is 0 Å². The zero-order valence-electron chi connectivity index (χ0n) is 15.6. The molecule has 5 nitrogen and oxygen atoms in total. The lowest BCUT2D eigenvalue weighted by atomic mass is 9.78. The van der Waals surface area contributed by atoms with Crippen LogP contribution in [0.1, 0.15) is 83.5 Å². The standard InChI is InChI=1S/C20H35N3O2/c24-19(23-15-7-9-16-8-5-6-12-18(16)23)13-14-21-20(25)22-17-10-3-1-2-4-11-17/h16-18H,1-15H2,(H2,21,22,25). The summed E-state index contributed by atoms with van der Waals surface area (Å²) in [6, 6.07) is 0.673. The van der Waals surface area contributed by atoms with Crippen molar-refractivity contribution in [1.82, 2.24) is 15.5 Å². The Bertz CT molecular complexity index is 444. The van der Waals surface area contributed by atoms with Crippen LogP contribution in [0.2, 0.25) is 0 Å². The van der Waals surface area contributed by atoms with Crippen LogP contribution in [0.3, 0.4) is 0 Å². The van der Waals surface area contributed by atoms with Crippen LogP contribution in [-0.2, 0) is 4.79 Å². The van der Waals surface area contributed by atoms with Crippen LogP contribution in [-0.4, -0.2) is 42.0 Å². The van der Waals surface area contributed by atoms with Gasteiger partial charge >= 0.3 is 6.03 Å². The second kappa shape index (κ2) is 9.44. The van der Waals surface area contributed by atoms with Gasteiger partial charge in [-0.1, -0.05) is 38.5 Å². The van der Waals surface area contributed by atoms with Gasteiger partial charge in [0.2, 0.25) is 5.91 Å². The molecule has 142 valence electrons. The Hall–Kier alpha value is -1.26. The molecule has 3 amide bonds. The van der Waals surface area contributed by atoms with Crippen LogP contribution < -0.4 is 10.6 Å². The third-order valence-corrected chi connectivity index (χ3v) is 6.38. The first-order valence-electron chi connectivity index (χ1n) is 10.6. The molecule has 3 fully saturated rings. The molecule has 2 saturated carbocycles. The van der Waals surface area contributed by atoms with E-state index in [1.54, 1.807) is 0 Å². The van der Waals surface area contributed by atoms with Gasteiger partial charge < -0.3 is 15.5 Å². The first-order chi connectivity index (χ1) is 12.2. The molecule has 1 aliphatic heterocycles. The highest BCUT2D eigenvalue weighted by Gasteiger charge is 2.35. The van der Waals surface area contributed by atoms with Crippen molar-refractivity contribution in [1.29, 1.82) is 0 Å². The van der Waals surface area contributed by atoms with Crippen molar-refractivity contribution in [3.63, 3.8) is 0 Å². The minimum Gasteiger partial charge on any atom is -0.339 e. The minimum atomic E-state index is -0.103. The summed E-state index contributed by atoms with van der Waals surface area (Å²) < 4.78 is 0. The SMILES string of the molecule is O=C(NCCC(=O)N1CCCC2CCCCC21)NC1CCCCCC1. The molecule has 5 heteroatoms. The van der Waals surface area contributed by atoms with E-state index in [1.807, 2.05) is 0 Å². The van der Waals surface area contributed by atoms with Gasteiger partial charge in [0.25, 0.3) is 0 Å². The summed E-state index contributed by atoms with van der Waals surface area (Å²) in [6.45, 7) is 1.36. The van der Waals surface area contributed by atoms with Gasteiger partial charge in [0.05, 0.1) is 0 Å². The van der Waals surface area contributed by atoms with Gasteiger partial charge in [0.1, 0.15) is 0 Å². The summed E-state index contributed by atoms with van der Waals surface area (Å²) in [5.74, 6) is 0.948. The van der Waals surface area contributed by atoms with Crippen LogP contribution in [0.4, 0.5) is 4.79 Å². The first kappa shape index (κ1) is 18.5. The monoisotopic (exact) mass is 349 g/mol. The van der Waals surface area contributed by atoms with Gasteiger partial charge in [0, 0.05) is 31.6 Å². The number of carbonyl (C=O) groups is 2. The number of amides is 3. The molecular weight excluding hydrogens is 314 g/mol. The van der Waals surface area contributed by atoms with Crippen molar-refractivity contribution in [3.8, 4) is 0 Å². The number of carbonyl (C=O) groups excluding carboxylic acids is 2. The van der Waals surface area contributed by atoms with Crippen molar-refractivity contribution < 1.29 is 9.59 Å². The number of likely N-dealkylation sites (tertiary alicyclic amines) is 1. The molecule has 0 aromatic heterocycles. The Morgan fingerprint density at radius 3 is 2.32 bits per heavy atom. The van der Waals surface area contributed by atoms with E-state index in [0.29, 0.717) is 25.0 Å². The number of fused-ring (bicyclic) bond motifs is 1. The number of nitrogens with zero attached hydrogens (tertiary/aromatic N) is 1. The largest absolute Gasteiger partial charge is 0.339 e. The van der Waals surface area contributed by atoms with Gasteiger partial charge in [-0.3, -0.25) is 4.79 Å². The molecule has 0 aromatic rings. The number of hydrogen-bond donors (Lipinski definition) is 2. The van der Waals surface area contributed by atoms with Crippen molar-refractivity contribution in [2.24, 2.45) is 5.92 Å². The number of nitrogens with one attached hydrogen (secondary N) is 2. The molecule has 2 unspecified atom stereocenters. The molecule has 0 aromatic carbocycles. The topological polar surface area (TPSA) is 61.4 Å². The molecular formula is C20H35N3O2. The van der Waals surface area contributed by atoms with Crippen LogP contribution in [0, 0.1) is 5.92 Å². The second-order valence-electron chi connectivity index (χ2n) is 8.18. The third kappa shape index (κ3) is 5.35. The second-order valence-corrected chi connectivity index (χ2v) is 8.18. The molecule has 2 aliphatic carbocycles. The van der Waals surface area contributed by atoms with E-state index in [2.05, 4.69) is 15.5 Å². The maximum atomic E-state index is 12.6. The van der Waals surface area contributed by atoms with E-state index in [1.165, 1.54) is 57.8 Å². The molecule has 25 heavy (non-hydrogen) atoms. The summed E-state index contributed by atoms with van der Waals surface area (Å²) in [5, 5.41) is 5.98. The van der Waals surface area contributed by atoms with Crippen molar-refractivity contribution in [2.45, 2.75) is 95.6 Å². The van der Waals surface area contributed by atoms with Crippen molar-refractivity contribution in [3.05, 3.63) is 0 Å². The predicted molar refractivity (Wildman–Crippen MR) is 99.3 cm³/mol. The van der Waals surface area contributed by atoms with Crippen molar-refractivity contribution in [2.75, 3.05) is 13.1 Å². The smallest absolute Gasteiger partial charge is 0.315 e. The van der Waals surface area contributed by atoms with E-state index >= 15 is 0 Å². The van der Waals surface area contributed by atoms with E-state index in [9.17, 15) is 9.59 Å². The molecule has 1 heterocycles. The minimum absolute atomic E-state index is 0.103. The average Bonchev–Trinajstić information content (AvgIpc) is 2.89. The van der Waals surface area contributed by atoms with Gasteiger partial charge in [-0.2, -0.15) is 0 Å². The summed E-state index contributed by atoms with van der Waals surface area (Å²) in [4.78, 5) is 26.8. The lowest BCUT2D eigenvalue weighted by molar-refractivity contribution is -0.137. The van der Waals surface area contributed by atoms with Gasteiger partial charge in [-0.25, -0.2) is 4.79 Å². The van der Waals surface area contributed by atoms with Crippen LogP contribution in [0.25, 0.3) is 0 Å². The fourth-order valence-electron chi connectivity index (χ4n) is 5.02. The Balaban J connectivity index is 1.37. The van der Waals surface area contributed by atoms with Crippen LogP contribution in [0.5, 0.6) is 0 Å². The Morgan fingerprint density at radius 2 is 1.52 bits per heavy atom. The maximum absolute atomic E-state index is 12.6. The normalized spacial score (nSPS) is 27.9. The van der Waals surface area contributed by atoms with E-state index in [4.69, 9.17) is 0 Å². The fourth-order valence-corrected chi connectivity index (χ4v) is 5.02. The van der Waals surface area contributed by atoms with E-state index in [0.717, 1.165) is 31.7 Å². The highest BCUT2D eigenvalue weighted by molar-refractivity contribution is 5.78. The molecule has 3 rings (SSSR count). The number of piperidine rings is 1. The average molecular weight is 350 g/mol. The quantitative estimate of drug-likeness (QED) is 0.762. The summed E-state index contributed by atoms with van der Waals surface area (Å²) in [6.07, 6.45) is 15.1. The molecule has 0 spiro atoms. The number of urea groups is 1. The van der Waals surface area contributed by atoms with Gasteiger partial charge in [-0.15, -0.1) is 0 Å².